The van der Waals surface area contributed by atoms with E-state index in [4.69, 9.17) is 11.3 Å². The number of hydrogen-bond acceptors (Lipinski definition) is 6. The van der Waals surface area contributed by atoms with E-state index in [1.165, 1.54) is 6.08 Å². The maximum absolute atomic E-state index is 9.25. The molecule has 88 valence electrons. The molecule has 0 aromatic heterocycles. The number of nitrogens with two attached hydrogens (primary N) is 1. The molecular formula is C9H16N6O. The van der Waals surface area contributed by atoms with Crippen LogP contribution in [0.4, 0.5) is 0 Å². The van der Waals surface area contributed by atoms with Crippen molar-refractivity contribution in [3.05, 3.63) is 37.2 Å². The average Bonchev–Trinajstić information content (AvgIpc) is 2.25. The fourth-order valence-corrected chi connectivity index (χ4v) is 1.25. The molecule has 0 radical (unpaired) electrons. The molecule has 0 spiro atoms. The Morgan fingerprint density at radius 1 is 1.50 bits per heavy atom. The Morgan fingerprint density at radius 2 is 2.06 bits per heavy atom. The zero-order valence-electron chi connectivity index (χ0n) is 8.93. The van der Waals surface area contributed by atoms with Crippen LogP contribution in [0, 0.1) is 5.41 Å². The molecular weight excluding hydrogens is 208 g/mol. The summed E-state index contributed by atoms with van der Waals surface area (Å²) in [7, 11) is 0. The van der Waals surface area contributed by atoms with E-state index in [1.807, 2.05) is 4.90 Å². The van der Waals surface area contributed by atoms with Gasteiger partial charge in [0.15, 0.2) is 5.84 Å². The molecule has 1 aliphatic rings. The highest BCUT2D eigenvalue weighted by molar-refractivity contribution is 5.89. The van der Waals surface area contributed by atoms with Crippen LogP contribution in [-0.2, 0) is 0 Å². The van der Waals surface area contributed by atoms with E-state index < -0.39 is 0 Å². The van der Waals surface area contributed by atoms with Crippen molar-refractivity contribution >= 4 is 5.84 Å². The molecule has 0 saturated heterocycles. The molecule has 16 heavy (non-hydrogen) atoms. The van der Waals surface area contributed by atoms with Crippen molar-refractivity contribution in [2.45, 2.75) is 0 Å². The molecule has 0 saturated carbocycles. The van der Waals surface area contributed by atoms with Gasteiger partial charge in [0.2, 0.25) is 0 Å². The minimum atomic E-state index is -0.130. The van der Waals surface area contributed by atoms with Crippen LogP contribution in [0.2, 0.25) is 0 Å². The lowest BCUT2D eigenvalue weighted by atomic mass is 10.4. The minimum absolute atomic E-state index is 0.130. The van der Waals surface area contributed by atoms with Crippen molar-refractivity contribution in [2.24, 2.45) is 5.84 Å². The van der Waals surface area contributed by atoms with Gasteiger partial charge in [0.25, 0.3) is 0 Å². The standard InChI is InChI=1S/C9H16N6O/c1-3-5-13(6-4-2)9-7-8(10)14(16)15(11)12-9/h3-4,7,10,12,16H,1-2,5-6,11H2. The third-order valence-electron chi connectivity index (χ3n) is 1.96. The van der Waals surface area contributed by atoms with Gasteiger partial charge < -0.3 is 4.90 Å². The second-order valence-corrected chi connectivity index (χ2v) is 3.14. The van der Waals surface area contributed by atoms with Crippen LogP contribution in [0.5, 0.6) is 0 Å². The van der Waals surface area contributed by atoms with E-state index >= 15 is 0 Å². The summed E-state index contributed by atoms with van der Waals surface area (Å²) in [5.41, 5.74) is 2.70. The summed E-state index contributed by atoms with van der Waals surface area (Å²) >= 11 is 0. The maximum Gasteiger partial charge on any atom is 0.170 e. The lowest BCUT2D eigenvalue weighted by molar-refractivity contribution is -0.213. The Hall–Kier alpha value is -1.83. The van der Waals surface area contributed by atoms with Crippen molar-refractivity contribution in [1.29, 1.82) is 5.41 Å². The summed E-state index contributed by atoms with van der Waals surface area (Å²) in [4.78, 5) is 1.86. The number of nitrogens with zero attached hydrogens (tertiary/aromatic N) is 3. The van der Waals surface area contributed by atoms with Gasteiger partial charge in [-0.3, -0.25) is 16.0 Å². The Morgan fingerprint density at radius 3 is 2.50 bits per heavy atom. The van der Waals surface area contributed by atoms with Crippen LogP contribution < -0.4 is 11.3 Å². The Kier molecular flexibility index (Phi) is 4.06. The van der Waals surface area contributed by atoms with Crippen molar-refractivity contribution in [1.82, 2.24) is 20.7 Å². The van der Waals surface area contributed by atoms with Crippen molar-refractivity contribution in [3.63, 3.8) is 0 Å². The van der Waals surface area contributed by atoms with Crippen LogP contribution in [0.15, 0.2) is 37.2 Å². The molecule has 7 heteroatoms. The number of rotatable bonds is 5. The molecule has 0 amide bonds. The summed E-state index contributed by atoms with van der Waals surface area (Å²) in [5, 5.41) is 18.0. The van der Waals surface area contributed by atoms with Crippen LogP contribution in [0.1, 0.15) is 0 Å². The average molecular weight is 224 g/mol. The van der Waals surface area contributed by atoms with E-state index in [-0.39, 0.29) is 5.84 Å². The SMILES string of the molecule is C=CCN(CC=C)C1=CC(=N)N(O)N(N)N1. The van der Waals surface area contributed by atoms with Gasteiger partial charge in [-0.2, -0.15) is 0 Å². The maximum atomic E-state index is 9.25. The quantitative estimate of drug-likeness (QED) is 0.381. The first-order chi connectivity index (χ1) is 7.60. The highest BCUT2D eigenvalue weighted by Crippen LogP contribution is 2.07. The van der Waals surface area contributed by atoms with Crippen LogP contribution in [0.3, 0.4) is 0 Å². The molecule has 1 rings (SSSR count). The van der Waals surface area contributed by atoms with Gasteiger partial charge in [0.1, 0.15) is 5.82 Å². The van der Waals surface area contributed by atoms with Gasteiger partial charge in [0, 0.05) is 19.2 Å². The molecule has 0 aliphatic carbocycles. The second kappa shape index (κ2) is 5.31. The largest absolute Gasteiger partial charge is 0.350 e. The van der Waals surface area contributed by atoms with E-state index in [0.29, 0.717) is 24.1 Å². The summed E-state index contributed by atoms with van der Waals surface area (Å²) in [5.74, 6) is 5.89. The fraction of sp³-hybridized carbons (Fsp3) is 0.222. The number of hydrazine groups is 3. The number of hydrogen-bond donors (Lipinski definition) is 4. The Labute approximate surface area is 94.1 Å². The summed E-state index contributed by atoms with van der Waals surface area (Å²) in [6.45, 7) is 8.44. The van der Waals surface area contributed by atoms with E-state index in [1.54, 1.807) is 12.2 Å². The van der Waals surface area contributed by atoms with E-state index in [2.05, 4.69) is 18.6 Å². The fourth-order valence-electron chi connectivity index (χ4n) is 1.25. The molecule has 0 bridgehead atoms. The highest BCUT2D eigenvalue weighted by atomic mass is 16.6. The summed E-state index contributed by atoms with van der Waals surface area (Å²) in [6.07, 6.45) is 4.90. The third-order valence-corrected chi connectivity index (χ3v) is 1.96. The molecule has 0 atom stereocenters. The van der Waals surface area contributed by atoms with E-state index in [9.17, 15) is 5.21 Å². The normalized spacial score (nSPS) is 16.5. The molecule has 5 N–H and O–H groups in total. The van der Waals surface area contributed by atoms with Crippen molar-refractivity contribution in [3.8, 4) is 0 Å². The van der Waals surface area contributed by atoms with E-state index in [0.717, 1.165) is 5.23 Å². The van der Waals surface area contributed by atoms with Gasteiger partial charge in [-0.15, -0.1) is 18.3 Å². The zero-order chi connectivity index (χ0) is 12.1. The Balaban J connectivity index is 2.84. The molecule has 7 nitrogen and oxygen atoms in total. The van der Waals surface area contributed by atoms with Crippen LogP contribution in [-0.4, -0.2) is 39.4 Å². The monoisotopic (exact) mass is 224 g/mol. The predicted octanol–water partition coefficient (Wildman–Crippen LogP) is -0.221. The summed E-state index contributed by atoms with van der Waals surface area (Å²) in [6, 6.07) is 0. The van der Waals surface area contributed by atoms with Gasteiger partial charge >= 0.3 is 0 Å². The summed E-state index contributed by atoms with van der Waals surface area (Å²) < 4.78 is 0. The van der Waals surface area contributed by atoms with Gasteiger partial charge in [-0.1, -0.05) is 12.2 Å². The van der Waals surface area contributed by atoms with Gasteiger partial charge in [-0.05, 0) is 5.23 Å². The predicted molar refractivity (Wildman–Crippen MR) is 60.6 cm³/mol. The lowest BCUT2D eigenvalue weighted by Crippen LogP contribution is -2.60. The second-order valence-electron chi connectivity index (χ2n) is 3.14. The molecule has 1 heterocycles. The molecule has 0 aromatic rings. The van der Waals surface area contributed by atoms with Gasteiger partial charge in [-0.25, -0.2) is 5.84 Å². The number of amidine groups is 1. The zero-order valence-corrected chi connectivity index (χ0v) is 8.93. The van der Waals surface area contributed by atoms with Crippen LogP contribution >= 0.6 is 0 Å². The van der Waals surface area contributed by atoms with Gasteiger partial charge in [0.05, 0.1) is 0 Å². The molecule has 0 aromatic carbocycles. The third kappa shape index (κ3) is 2.60. The Bertz CT molecular complexity index is 316. The first kappa shape index (κ1) is 12.2. The highest BCUT2D eigenvalue weighted by Gasteiger charge is 2.21. The number of nitrogens with one attached hydrogen (secondary N) is 2. The van der Waals surface area contributed by atoms with Crippen molar-refractivity contribution < 1.29 is 5.21 Å². The number of hydroxylamine groups is 1. The first-order valence-corrected chi connectivity index (χ1v) is 4.67. The molecule has 0 unspecified atom stereocenters. The smallest absolute Gasteiger partial charge is 0.170 e. The molecule has 0 fully saturated rings. The minimum Gasteiger partial charge on any atom is -0.350 e. The molecule has 1 aliphatic heterocycles. The van der Waals surface area contributed by atoms with Crippen LogP contribution in [0.25, 0.3) is 0 Å². The van der Waals surface area contributed by atoms with Crippen molar-refractivity contribution in [2.75, 3.05) is 13.1 Å². The topological polar surface area (TPSA) is 91.9 Å². The lowest BCUT2D eigenvalue weighted by Gasteiger charge is -2.36. The first-order valence-electron chi connectivity index (χ1n) is 4.67.